The van der Waals surface area contributed by atoms with E-state index in [4.69, 9.17) is 9.84 Å². The van der Waals surface area contributed by atoms with Gasteiger partial charge in [0, 0.05) is 10.0 Å². The predicted octanol–water partition coefficient (Wildman–Crippen LogP) is 4.65. The van der Waals surface area contributed by atoms with Gasteiger partial charge in [0.2, 0.25) is 0 Å². The van der Waals surface area contributed by atoms with Gasteiger partial charge in [0.15, 0.2) is 0 Å². The van der Waals surface area contributed by atoms with Crippen LogP contribution in [-0.2, 0) is 6.61 Å². The van der Waals surface area contributed by atoms with E-state index in [1.54, 1.807) is 18.2 Å². The number of carboxylic acid groups (broad SMARTS) is 1. The monoisotopic (exact) mass is 348 g/mol. The van der Waals surface area contributed by atoms with Crippen LogP contribution in [0.15, 0.2) is 34.8 Å². The average molecular weight is 349 g/mol. The average Bonchev–Trinajstić information content (AvgIpc) is 2.42. The Morgan fingerprint density at radius 2 is 1.90 bits per heavy atom. The molecule has 3 nitrogen and oxygen atoms in total. The Kier molecular flexibility index (Phi) is 4.68. The standard InChI is InChI=1S/C17H17BrO3/c1-10-6-11(2)12(3)16(7-10)21-9-14-5-4-13(17(19)20)8-15(14)18/h4-8H,9H2,1-3H3,(H,19,20). The third kappa shape index (κ3) is 3.64. The van der Waals surface area contributed by atoms with Gasteiger partial charge in [-0.05, 0) is 55.7 Å². The molecule has 4 heteroatoms. The molecule has 0 heterocycles. The molecule has 0 atom stereocenters. The van der Waals surface area contributed by atoms with E-state index >= 15 is 0 Å². The van der Waals surface area contributed by atoms with E-state index in [2.05, 4.69) is 28.9 Å². The lowest BCUT2D eigenvalue weighted by Crippen LogP contribution is -2.02. The summed E-state index contributed by atoms with van der Waals surface area (Å²) in [6.45, 7) is 6.53. The number of hydrogen-bond acceptors (Lipinski definition) is 2. The van der Waals surface area contributed by atoms with Crippen molar-refractivity contribution in [3.8, 4) is 5.75 Å². The third-order valence-electron chi connectivity index (χ3n) is 3.45. The first-order valence-electron chi connectivity index (χ1n) is 6.61. The molecule has 0 aromatic heterocycles. The molecule has 0 fully saturated rings. The quantitative estimate of drug-likeness (QED) is 0.874. The molecule has 0 saturated heterocycles. The summed E-state index contributed by atoms with van der Waals surface area (Å²) in [6, 6.07) is 9.09. The largest absolute Gasteiger partial charge is 0.489 e. The van der Waals surface area contributed by atoms with Crippen molar-refractivity contribution >= 4 is 21.9 Å². The highest BCUT2D eigenvalue weighted by Gasteiger charge is 2.09. The van der Waals surface area contributed by atoms with E-state index in [1.165, 1.54) is 5.56 Å². The SMILES string of the molecule is Cc1cc(C)c(C)c(OCc2ccc(C(=O)O)cc2Br)c1. The Morgan fingerprint density at radius 3 is 2.52 bits per heavy atom. The van der Waals surface area contributed by atoms with Crippen molar-refractivity contribution in [3.05, 3.63) is 62.6 Å². The molecule has 0 unspecified atom stereocenters. The molecule has 1 N–H and O–H groups in total. The van der Waals surface area contributed by atoms with Gasteiger partial charge < -0.3 is 9.84 Å². The fourth-order valence-corrected chi connectivity index (χ4v) is 2.60. The van der Waals surface area contributed by atoms with Crippen LogP contribution in [0.3, 0.4) is 0 Å². The van der Waals surface area contributed by atoms with Crippen molar-refractivity contribution in [2.75, 3.05) is 0 Å². The van der Waals surface area contributed by atoms with Crippen LogP contribution >= 0.6 is 15.9 Å². The van der Waals surface area contributed by atoms with Crippen molar-refractivity contribution < 1.29 is 14.6 Å². The number of carboxylic acids is 1. The lowest BCUT2D eigenvalue weighted by atomic mass is 10.1. The van der Waals surface area contributed by atoms with Gasteiger partial charge in [-0.25, -0.2) is 4.79 Å². The molecule has 0 aliphatic carbocycles. The third-order valence-corrected chi connectivity index (χ3v) is 4.19. The van der Waals surface area contributed by atoms with Gasteiger partial charge in [-0.15, -0.1) is 0 Å². The summed E-state index contributed by atoms with van der Waals surface area (Å²) < 4.78 is 6.63. The molecule has 2 aromatic rings. The van der Waals surface area contributed by atoms with Gasteiger partial charge >= 0.3 is 5.97 Å². The topological polar surface area (TPSA) is 46.5 Å². The Hall–Kier alpha value is -1.81. The lowest BCUT2D eigenvalue weighted by Gasteiger charge is -2.13. The van der Waals surface area contributed by atoms with E-state index < -0.39 is 5.97 Å². The Balaban J connectivity index is 2.19. The van der Waals surface area contributed by atoms with Crippen LogP contribution in [0.4, 0.5) is 0 Å². The van der Waals surface area contributed by atoms with Crippen LogP contribution < -0.4 is 4.74 Å². The van der Waals surface area contributed by atoms with E-state index in [0.29, 0.717) is 6.61 Å². The molecule has 110 valence electrons. The van der Waals surface area contributed by atoms with E-state index in [0.717, 1.165) is 26.9 Å². The molecular formula is C17H17BrO3. The summed E-state index contributed by atoms with van der Waals surface area (Å²) in [5.41, 5.74) is 4.66. The Bertz CT molecular complexity index is 693. The number of aryl methyl sites for hydroxylation is 2. The fourth-order valence-electron chi connectivity index (χ4n) is 2.10. The molecule has 0 aliphatic heterocycles. The molecule has 0 amide bonds. The highest BCUT2D eigenvalue weighted by atomic mass is 79.9. The number of hydrogen-bond donors (Lipinski definition) is 1. The van der Waals surface area contributed by atoms with Crippen LogP contribution in [-0.4, -0.2) is 11.1 Å². The van der Waals surface area contributed by atoms with Crippen LogP contribution in [0.5, 0.6) is 5.75 Å². The van der Waals surface area contributed by atoms with Crippen molar-refractivity contribution in [3.63, 3.8) is 0 Å². The smallest absolute Gasteiger partial charge is 0.335 e. The minimum absolute atomic E-state index is 0.258. The number of halogens is 1. The summed E-state index contributed by atoms with van der Waals surface area (Å²) in [5.74, 6) is -0.0740. The van der Waals surface area contributed by atoms with Crippen LogP contribution in [0.1, 0.15) is 32.6 Å². The maximum Gasteiger partial charge on any atom is 0.335 e. The molecular weight excluding hydrogens is 332 g/mol. The number of carbonyl (C=O) groups is 1. The normalized spacial score (nSPS) is 10.5. The predicted molar refractivity (Wildman–Crippen MR) is 86.1 cm³/mol. The lowest BCUT2D eigenvalue weighted by molar-refractivity contribution is 0.0696. The molecule has 2 aromatic carbocycles. The molecule has 0 radical (unpaired) electrons. The molecule has 0 spiro atoms. The van der Waals surface area contributed by atoms with Gasteiger partial charge in [0.05, 0.1) is 5.56 Å². The molecule has 0 bridgehead atoms. The Labute approximate surface area is 132 Å². The molecule has 21 heavy (non-hydrogen) atoms. The van der Waals surface area contributed by atoms with Crippen molar-refractivity contribution in [2.45, 2.75) is 27.4 Å². The highest BCUT2D eigenvalue weighted by molar-refractivity contribution is 9.10. The summed E-state index contributed by atoms with van der Waals surface area (Å²) >= 11 is 3.39. The highest BCUT2D eigenvalue weighted by Crippen LogP contribution is 2.26. The minimum Gasteiger partial charge on any atom is -0.489 e. The van der Waals surface area contributed by atoms with Crippen LogP contribution in [0.25, 0.3) is 0 Å². The van der Waals surface area contributed by atoms with Crippen molar-refractivity contribution in [1.29, 1.82) is 0 Å². The van der Waals surface area contributed by atoms with Gasteiger partial charge in [0.25, 0.3) is 0 Å². The number of rotatable bonds is 4. The summed E-state index contributed by atoms with van der Waals surface area (Å²) in [6.07, 6.45) is 0. The van der Waals surface area contributed by atoms with Crippen molar-refractivity contribution in [1.82, 2.24) is 0 Å². The maximum atomic E-state index is 10.9. The summed E-state index contributed by atoms with van der Waals surface area (Å²) in [5, 5.41) is 8.95. The van der Waals surface area contributed by atoms with Gasteiger partial charge in [-0.2, -0.15) is 0 Å². The zero-order valence-corrected chi connectivity index (χ0v) is 13.8. The van der Waals surface area contributed by atoms with Crippen LogP contribution in [0, 0.1) is 20.8 Å². The van der Waals surface area contributed by atoms with Gasteiger partial charge in [-0.1, -0.05) is 28.1 Å². The van der Waals surface area contributed by atoms with E-state index in [-0.39, 0.29) is 5.56 Å². The second kappa shape index (κ2) is 6.31. The first-order valence-corrected chi connectivity index (χ1v) is 7.40. The van der Waals surface area contributed by atoms with Crippen LogP contribution in [0.2, 0.25) is 0 Å². The first kappa shape index (κ1) is 15.6. The number of benzene rings is 2. The summed E-state index contributed by atoms with van der Waals surface area (Å²) in [7, 11) is 0. The van der Waals surface area contributed by atoms with Crippen molar-refractivity contribution in [2.24, 2.45) is 0 Å². The molecule has 0 aliphatic rings. The van der Waals surface area contributed by atoms with Gasteiger partial charge in [-0.3, -0.25) is 0 Å². The second-order valence-corrected chi connectivity index (χ2v) is 5.96. The second-order valence-electron chi connectivity index (χ2n) is 5.10. The van der Waals surface area contributed by atoms with E-state index in [1.807, 2.05) is 19.9 Å². The van der Waals surface area contributed by atoms with E-state index in [9.17, 15) is 4.79 Å². The Morgan fingerprint density at radius 1 is 1.19 bits per heavy atom. The maximum absolute atomic E-state index is 10.9. The molecule has 2 rings (SSSR count). The summed E-state index contributed by atoms with van der Waals surface area (Å²) in [4.78, 5) is 10.9. The number of ether oxygens (including phenoxy) is 1. The molecule has 0 saturated carbocycles. The van der Waals surface area contributed by atoms with Gasteiger partial charge in [0.1, 0.15) is 12.4 Å². The zero-order valence-electron chi connectivity index (χ0n) is 12.2. The number of aromatic carboxylic acids is 1. The first-order chi connectivity index (χ1) is 9.88. The zero-order chi connectivity index (χ0) is 15.6. The minimum atomic E-state index is -0.937. The fraction of sp³-hybridized carbons (Fsp3) is 0.235.